The third-order valence-electron chi connectivity index (χ3n) is 4.72. The molecule has 6 nitrogen and oxygen atoms in total. The summed E-state index contributed by atoms with van der Waals surface area (Å²) in [6, 6.07) is 16.7. The maximum absolute atomic E-state index is 13.0. The van der Waals surface area contributed by atoms with Crippen molar-refractivity contribution >= 4 is 22.2 Å². The average molecular weight is 405 g/mol. The monoisotopic (exact) mass is 405 g/mol. The summed E-state index contributed by atoms with van der Waals surface area (Å²) in [5.74, 6) is 0.264. The molecule has 2 aromatic carbocycles. The van der Waals surface area contributed by atoms with Crippen LogP contribution in [0.25, 0.3) is 4.96 Å². The van der Waals surface area contributed by atoms with E-state index in [0.29, 0.717) is 4.96 Å². The number of rotatable bonds is 5. The van der Waals surface area contributed by atoms with Gasteiger partial charge in [0.2, 0.25) is 0 Å². The van der Waals surface area contributed by atoms with Crippen LogP contribution in [0.15, 0.2) is 71.0 Å². The molecule has 0 saturated heterocycles. The van der Waals surface area contributed by atoms with Gasteiger partial charge in [0.05, 0.1) is 13.2 Å². The number of carbonyl (C=O) groups is 1. The number of ether oxygens (including phenoxy) is 1. The Hall–Kier alpha value is -3.45. The number of nitrogens with zero attached hydrogens (tertiary/aromatic N) is 2. The fraction of sp³-hybridized carbons (Fsp3) is 0.136. The van der Waals surface area contributed by atoms with Gasteiger partial charge >= 0.3 is 0 Å². The van der Waals surface area contributed by atoms with Gasteiger partial charge in [-0.25, -0.2) is 4.98 Å². The molecular formula is C22H19N3O3S. The maximum Gasteiger partial charge on any atom is 0.271 e. The van der Waals surface area contributed by atoms with Crippen molar-refractivity contribution in [2.75, 3.05) is 7.11 Å². The summed E-state index contributed by atoms with van der Waals surface area (Å²) < 4.78 is 6.69. The standard InChI is InChI=1S/C22H19N3O3S/c1-14-13-29-22-23-12-18(21(27)25(14)22)20(26)24-19(15-6-4-3-5-7-15)16-8-10-17(28-2)11-9-16/h3-13,19H,1-2H3,(H,24,26). The average Bonchev–Trinajstić information content (AvgIpc) is 3.14. The van der Waals surface area contributed by atoms with Gasteiger partial charge in [-0.3, -0.25) is 14.0 Å². The first-order valence-electron chi connectivity index (χ1n) is 9.04. The normalized spacial score (nSPS) is 11.9. The van der Waals surface area contributed by atoms with Crippen LogP contribution in [0.4, 0.5) is 0 Å². The summed E-state index contributed by atoms with van der Waals surface area (Å²) in [7, 11) is 1.61. The molecule has 0 spiro atoms. The topological polar surface area (TPSA) is 72.7 Å². The first kappa shape index (κ1) is 18.9. The number of benzene rings is 2. The molecule has 4 rings (SSSR count). The molecule has 1 atom stereocenters. The highest BCUT2D eigenvalue weighted by Crippen LogP contribution is 2.24. The van der Waals surface area contributed by atoms with Crippen molar-refractivity contribution < 1.29 is 9.53 Å². The fourth-order valence-electron chi connectivity index (χ4n) is 3.19. The van der Waals surface area contributed by atoms with Crippen LogP contribution in [-0.2, 0) is 0 Å². The van der Waals surface area contributed by atoms with Gasteiger partial charge in [-0.1, -0.05) is 42.5 Å². The number of amides is 1. The molecule has 0 bridgehead atoms. The number of carbonyl (C=O) groups excluding carboxylic acids is 1. The van der Waals surface area contributed by atoms with Crippen molar-refractivity contribution in [1.29, 1.82) is 0 Å². The lowest BCUT2D eigenvalue weighted by Crippen LogP contribution is -2.34. The number of hydrogen-bond donors (Lipinski definition) is 1. The first-order valence-corrected chi connectivity index (χ1v) is 9.92. The van der Waals surface area contributed by atoms with E-state index in [0.717, 1.165) is 22.6 Å². The molecule has 0 aliphatic carbocycles. The zero-order valence-electron chi connectivity index (χ0n) is 16.0. The SMILES string of the molecule is COc1ccc(C(NC(=O)c2cnc3scc(C)n3c2=O)c2ccccc2)cc1. The summed E-state index contributed by atoms with van der Waals surface area (Å²) in [5, 5.41) is 4.83. The fourth-order valence-corrected chi connectivity index (χ4v) is 4.02. The van der Waals surface area contributed by atoms with E-state index in [1.54, 1.807) is 7.11 Å². The number of methoxy groups -OCH3 is 1. The molecule has 2 heterocycles. The van der Waals surface area contributed by atoms with E-state index in [1.807, 2.05) is 66.9 Å². The molecule has 1 amide bonds. The Bertz CT molecular complexity index is 1210. The predicted octanol–water partition coefficient (Wildman–Crippen LogP) is 3.59. The minimum Gasteiger partial charge on any atom is -0.497 e. The second-order valence-electron chi connectivity index (χ2n) is 6.56. The van der Waals surface area contributed by atoms with Crippen LogP contribution >= 0.6 is 11.3 Å². The Morgan fingerprint density at radius 1 is 1.10 bits per heavy atom. The molecule has 7 heteroatoms. The molecule has 0 radical (unpaired) electrons. The smallest absolute Gasteiger partial charge is 0.271 e. The highest BCUT2D eigenvalue weighted by Gasteiger charge is 2.21. The molecule has 2 aromatic heterocycles. The molecule has 1 N–H and O–H groups in total. The van der Waals surface area contributed by atoms with Gasteiger partial charge in [0.1, 0.15) is 11.3 Å². The van der Waals surface area contributed by atoms with Crippen LogP contribution in [0.1, 0.15) is 33.2 Å². The third kappa shape index (κ3) is 3.64. The Labute approximate surface area is 171 Å². The van der Waals surface area contributed by atoms with E-state index in [2.05, 4.69) is 10.3 Å². The van der Waals surface area contributed by atoms with Crippen molar-refractivity contribution in [3.8, 4) is 5.75 Å². The Morgan fingerprint density at radius 2 is 1.79 bits per heavy atom. The van der Waals surface area contributed by atoms with Gasteiger partial charge in [-0.15, -0.1) is 11.3 Å². The van der Waals surface area contributed by atoms with Crippen LogP contribution in [0.3, 0.4) is 0 Å². The molecule has 0 aliphatic heterocycles. The van der Waals surface area contributed by atoms with E-state index in [4.69, 9.17) is 4.74 Å². The van der Waals surface area contributed by atoms with E-state index < -0.39 is 11.9 Å². The van der Waals surface area contributed by atoms with Crippen LogP contribution in [0.5, 0.6) is 5.75 Å². The lowest BCUT2D eigenvalue weighted by atomic mass is 9.98. The lowest BCUT2D eigenvalue weighted by molar-refractivity contribution is 0.0941. The largest absolute Gasteiger partial charge is 0.497 e. The zero-order valence-corrected chi connectivity index (χ0v) is 16.8. The van der Waals surface area contributed by atoms with Crippen LogP contribution in [0, 0.1) is 6.92 Å². The molecule has 0 fully saturated rings. The molecule has 29 heavy (non-hydrogen) atoms. The quantitative estimate of drug-likeness (QED) is 0.551. The number of hydrogen-bond acceptors (Lipinski definition) is 5. The minimum absolute atomic E-state index is 0.0124. The Kier molecular flexibility index (Phi) is 5.14. The number of aryl methyl sites for hydroxylation is 1. The lowest BCUT2D eigenvalue weighted by Gasteiger charge is -2.20. The minimum atomic E-state index is -0.466. The van der Waals surface area contributed by atoms with E-state index >= 15 is 0 Å². The zero-order chi connectivity index (χ0) is 20.4. The highest BCUT2D eigenvalue weighted by molar-refractivity contribution is 7.15. The Balaban J connectivity index is 1.72. The first-order chi connectivity index (χ1) is 14.1. The van der Waals surface area contributed by atoms with Gasteiger partial charge < -0.3 is 10.1 Å². The van der Waals surface area contributed by atoms with E-state index in [1.165, 1.54) is 21.9 Å². The number of aromatic nitrogens is 2. The van der Waals surface area contributed by atoms with Gasteiger partial charge in [0, 0.05) is 17.3 Å². The predicted molar refractivity (Wildman–Crippen MR) is 113 cm³/mol. The second kappa shape index (κ2) is 7.89. The van der Waals surface area contributed by atoms with Crippen molar-refractivity contribution in [3.63, 3.8) is 0 Å². The summed E-state index contributed by atoms with van der Waals surface area (Å²) in [6.07, 6.45) is 1.35. The van der Waals surface area contributed by atoms with E-state index in [-0.39, 0.29) is 11.1 Å². The summed E-state index contributed by atoms with van der Waals surface area (Å²) in [6.45, 7) is 1.82. The van der Waals surface area contributed by atoms with Gasteiger partial charge in [0.15, 0.2) is 4.96 Å². The summed E-state index contributed by atoms with van der Waals surface area (Å²) in [5.41, 5.74) is 2.19. The van der Waals surface area contributed by atoms with Crippen molar-refractivity contribution in [2.45, 2.75) is 13.0 Å². The van der Waals surface area contributed by atoms with Crippen LogP contribution < -0.4 is 15.6 Å². The van der Waals surface area contributed by atoms with Crippen molar-refractivity contribution in [3.05, 3.63) is 98.9 Å². The molecule has 0 saturated carbocycles. The van der Waals surface area contributed by atoms with Crippen LogP contribution in [0.2, 0.25) is 0 Å². The van der Waals surface area contributed by atoms with Crippen molar-refractivity contribution in [2.24, 2.45) is 0 Å². The summed E-state index contributed by atoms with van der Waals surface area (Å²) in [4.78, 5) is 30.7. The third-order valence-corrected chi connectivity index (χ3v) is 5.68. The maximum atomic E-state index is 13.0. The second-order valence-corrected chi connectivity index (χ2v) is 7.40. The number of thiazole rings is 1. The van der Waals surface area contributed by atoms with Gasteiger partial charge in [-0.2, -0.15) is 0 Å². The molecule has 4 aromatic rings. The molecule has 146 valence electrons. The molecule has 1 unspecified atom stereocenters. The molecule has 0 aliphatic rings. The number of nitrogens with one attached hydrogen (secondary N) is 1. The van der Waals surface area contributed by atoms with Gasteiger partial charge in [-0.05, 0) is 30.2 Å². The van der Waals surface area contributed by atoms with E-state index in [9.17, 15) is 9.59 Å². The van der Waals surface area contributed by atoms with Crippen LogP contribution in [-0.4, -0.2) is 22.4 Å². The van der Waals surface area contributed by atoms with Gasteiger partial charge in [0.25, 0.3) is 11.5 Å². The Morgan fingerprint density at radius 3 is 2.48 bits per heavy atom. The molecular weight excluding hydrogens is 386 g/mol. The van der Waals surface area contributed by atoms with Crippen molar-refractivity contribution in [1.82, 2.24) is 14.7 Å². The highest BCUT2D eigenvalue weighted by atomic mass is 32.1. The summed E-state index contributed by atoms with van der Waals surface area (Å²) >= 11 is 1.37. The number of fused-ring (bicyclic) bond motifs is 1.